The van der Waals surface area contributed by atoms with Crippen molar-refractivity contribution in [2.75, 3.05) is 18.9 Å². The Labute approximate surface area is 113 Å². The first kappa shape index (κ1) is 13.1. The Balaban J connectivity index is 2.20. The van der Waals surface area contributed by atoms with Crippen molar-refractivity contribution in [2.45, 2.75) is 25.0 Å². The van der Waals surface area contributed by atoms with Crippen LogP contribution < -0.4 is 11.3 Å². The summed E-state index contributed by atoms with van der Waals surface area (Å²) in [6, 6.07) is 0. The minimum Gasteiger partial charge on any atom is -0.394 e. The van der Waals surface area contributed by atoms with Crippen molar-refractivity contribution >= 4 is 17.0 Å². The second-order valence-corrected chi connectivity index (χ2v) is 5.31. The Morgan fingerprint density at radius 2 is 2.50 bits per heavy atom. The maximum atomic E-state index is 14.0. The van der Waals surface area contributed by atoms with E-state index < -0.39 is 16.9 Å². The first-order chi connectivity index (χ1) is 9.44. The molecule has 1 saturated heterocycles. The Bertz CT molecular complexity index is 725. The number of anilines is 1. The van der Waals surface area contributed by atoms with Gasteiger partial charge in [0.15, 0.2) is 11.5 Å². The molecule has 4 N–H and O–H groups in total. The van der Waals surface area contributed by atoms with Crippen molar-refractivity contribution in [3.63, 3.8) is 0 Å². The number of ether oxygens (including phenoxy) is 1. The summed E-state index contributed by atoms with van der Waals surface area (Å²) in [5.74, 6) is -0.717. The fourth-order valence-electron chi connectivity index (χ4n) is 2.71. The highest BCUT2D eigenvalue weighted by Gasteiger charge is 2.39. The lowest BCUT2D eigenvalue weighted by Gasteiger charge is -2.25. The predicted octanol–water partition coefficient (Wildman–Crippen LogP) is -0.0577. The highest BCUT2D eigenvalue weighted by molar-refractivity contribution is 5.77. The van der Waals surface area contributed by atoms with Crippen LogP contribution in [0.5, 0.6) is 0 Å². The van der Waals surface area contributed by atoms with Crippen LogP contribution in [0.3, 0.4) is 0 Å². The van der Waals surface area contributed by atoms with Crippen LogP contribution >= 0.6 is 0 Å². The molecule has 0 unspecified atom stereocenters. The molecule has 2 atom stereocenters. The number of aromatic nitrogens is 3. The average molecular weight is 282 g/mol. The van der Waals surface area contributed by atoms with Crippen LogP contribution in [0.1, 0.15) is 13.3 Å². The van der Waals surface area contributed by atoms with Crippen molar-refractivity contribution in [1.82, 2.24) is 14.5 Å². The third-order valence-corrected chi connectivity index (χ3v) is 3.71. The SMILES string of the molecule is C[C@]1(n2cc(F)c3c(=O)[nH]c(N)nc32)CO[C@H](CO)C1. The molecule has 0 bridgehead atoms. The number of hydrogen-bond acceptors (Lipinski definition) is 5. The van der Waals surface area contributed by atoms with Crippen LogP contribution in [0, 0.1) is 5.82 Å². The van der Waals surface area contributed by atoms with Crippen LogP contribution in [0.4, 0.5) is 10.3 Å². The quantitative estimate of drug-likeness (QED) is 0.715. The fourth-order valence-corrected chi connectivity index (χ4v) is 2.71. The van der Waals surface area contributed by atoms with E-state index in [1.807, 2.05) is 6.92 Å². The number of hydrogen-bond donors (Lipinski definition) is 3. The van der Waals surface area contributed by atoms with E-state index in [1.54, 1.807) is 4.57 Å². The molecule has 0 aromatic carbocycles. The number of fused-ring (bicyclic) bond motifs is 1. The molecule has 0 radical (unpaired) electrons. The molecule has 3 rings (SSSR count). The maximum absolute atomic E-state index is 14.0. The highest BCUT2D eigenvalue weighted by atomic mass is 19.1. The summed E-state index contributed by atoms with van der Waals surface area (Å²) in [6.45, 7) is 2.06. The molecule has 20 heavy (non-hydrogen) atoms. The van der Waals surface area contributed by atoms with E-state index in [1.165, 1.54) is 6.20 Å². The van der Waals surface area contributed by atoms with Gasteiger partial charge in [0.1, 0.15) is 5.39 Å². The summed E-state index contributed by atoms with van der Waals surface area (Å²) in [4.78, 5) is 18.1. The second-order valence-electron chi connectivity index (χ2n) is 5.31. The van der Waals surface area contributed by atoms with Crippen molar-refractivity contribution in [3.05, 3.63) is 22.4 Å². The lowest BCUT2D eigenvalue weighted by Crippen LogP contribution is -2.31. The second kappa shape index (κ2) is 4.29. The van der Waals surface area contributed by atoms with Gasteiger partial charge in [-0.25, -0.2) is 4.39 Å². The normalized spacial score (nSPS) is 26.4. The van der Waals surface area contributed by atoms with Crippen molar-refractivity contribution in [2.24, 2.45) is 0 Å². The molecule has 8 heteroatoms. The molecule has 1 fully saturated rings. The molecule has 7 nitrogen and oxygen atoms in total. The molecule has 1 aliphatic heterocycles. The molecule has 0 spiro atoms. The van der Waals surface area contributed by atoms with Gasteiger partial charge in [-0.2, -0.15) is 4.98 Å². The number of nitrogens with one attached hydrogen (secondary N) is 1. The van der Waals surface area contributed by atoms with E-state index in [9.17, 15) is 9.18 Å². The monoisotopic (exact) mass is 282 g/mol. The fraction of sp³-hybridized carbons (Fsp3) is 0.500. The van der Waals surface area contributed by atoms with Crippen molar-refractivity contribution < 1.29 is 14.2 Å². The number of aliphatic hydroxyl groups is 1. The summed E-state index contributed by atoms with van der Waals surface area (Å²) < 4.78 is 21.0. The molecule has 2 aromatic rings. The van der Waals surface area contributed by atoms with Gasteiger partial charge in [-0.05, 0) is 6.92 Å². The highest BCUT2D eigenvalue weighted by Crippen LogP contribution is 2.34. The summed E-state index contributed by atoms with van der Waals surface area (Å²) in [6.07, 6.45) is 1.43. The van der Waals surface area contributed by atoms with Crippen LogP contribution in [0.25, 0.3) is 11.0 Å². The molecule has 0 saturated carbocycles. The number of aromatic amines is 1. The first-order valence-electron chi connectivity index (χ1n) is 6.24. The first-order valence-corrected chi connectivity index (χ1v) is 6.24. The van der Waals surface area contributed by atoms with Crippen LogP contribution in [-0.2, 0) is 10.3 Å². The van der Waals surface area contributed by atoms with Gasteiger partial charge in [0, 0.05) is 12.6 Å². The maximum Gasteiger partial charge on any atom is 0.264 e. The minimum absolute atomic E-state index is 0.0666. The largest absolute Gasteiger partial charge is 0.394 e. The molecule has 108 valence electrons. The molecule has 3 heterocycles. The third-order valence-electron chi connectivity index (χ3n) is 3.71. The van der Waals surface area contributed by atoms with E-state index in [0.29, 0.717) is 13.0 Å². The zero-order chi connectivity index (χ0) is 14.5. The zero-order valence-electron chi connectivity index (χ0n) is 10.9. The van der Waals surface area contributed by atoms with Crippen LogP contribution in [0.2, 0.25) is 0 Å². The van der Waals surface area contributed by atoms with Crippen LogP contribution in [0.15, 0.2) is 11.0 Å². The van der Waals surface area contributed by atoms with Gasteiger partial charge in [-0.15, -0.1) is 0 Å². The van der Waals surface area contributed by atoms with E-state index in [4.69, 9.17) is 15.6 Å². The van der Waals surface area contributed by atoms with Gasteiger partial charge in [-0.1, -0.05) is 0 Å². The van der Waals surface area contributed by atoms with E-state index in [2.05, 4.69) is 9.97 Å². The molecular formula is C12H15FN4O3. The van der Waals surface area contributed by atoms with Crippen LogP contribution in [-0.4, -0.2) is 39.0 Å². The predicted molar refractivity (Wildman–Crippen MR) is 69.8 cm³/mol. The average Bonchev–Trinajstić information content (AvgIpc) is 2.92. The van der Waals surface area contributed by atoms with Gasteiger partial charge in [0.25, 0.3) is 5.56 Å². The standard InChI is InChI=1S/C12H15FN4O3/c1-12(2-6(4-18)20-5-12)17-3-7(13)8-9(17)15-11(14)16-10(8)19/h3,6,18H,2,4-5H2,1H3,(H3,14,15,16,19)/t6-,12+/m0/s1. The van der Waals surface area contributed by atoms with Gasteiger partial charge in [0.05, 0.1) is 24.9 Å². The van der Waals surface area contributed by atoms with Crippen molar-refractivity contribution in [3.8, 4) is 0 Å². The topological polar surface area (TPSA) is 106 Å². The van der Waals surface area contributed by atoms with Gasteiger partial charge >= 0.3 is 0 Å². The smallest absolute Gasteiger partial charge is 0.264 e. The number of nitrogen functional groups attached to an aromatic ring is 1. The zero-order valence-corrected chi connectivity index (χ0v) is 10.9. The number of nitrogens with two attached hydrogens (primary N) is 1. The Morgan fingerprint density at radius 3 is 3.15 bits per heavy atom. The summed E-state index contributed by atoms with van der Waals surface area (Å²) in [5.41, 5.74) is 4.53. The number of halogens is 1. The number of rotatable bonds is 2. The summed E-state index contributed by atoms with van der Waals surface area (Å²) >= 11 is 0. The molecule has 0 amide bonds. The Morgan fingerprint density at radius 1 is 1.75 bits per heavy atom. The van der Waals surface area contributed by atoms with E-state index in [-0.39, 0.29) is 29.7 Å². The van der Waals surface area contributed by atoms with Crippen molar-refractivity contribution in [1.29, 1.82) is 0 Å². The minimum atomic E-state index is -0.651. The Kier molecular flexibility index (Phi) is 2.80. The van der Waals surface area contributed by atoms with E-state index in [0.717, 1.165) is 0 Å². The number of nitrogens with zero attached hydrogens (tertiary/aromatic N) is 2. The third kappa shape index (κ3) is 1.80. The lowest BCUT2D eigenvalue weighted by molar-refractivity contribution is 0.0544. The molecular weight excluding hydrogens is 267 g/mol. The number of H-pyrrole nitrogens is 1. The number of aliphatic hydroxyl groups excluding tert-OH is 1. The van der Waals surface area contributed by atoms with Gasteiger partial charge < -0.3 is 20.1 Å². The molecule has 0 aliphatic carbocycles. The molecule has 1 aliphatic rings. The Hall–Kier alpha value is -1.93. The summed E-state index contributed by atoms with van der Waals surface area (Å²) in [7, 11) is 0. The lowest BCUT2D eigenvalue weighted by atomic mass is 9.98. The van der Waals surface area contributed by atoms with Gasteiger partial charge in [0.2, 0.25) is 5.95 Å². The molecule has 2 aromatic heterocycles. The van der Waals surface area contributed by atoms with Gasteiger partial charge in [-0.3, -0.25) is 9.78 Å². The summed E-state index contributed by atoms with van der Waals surface area (Å²) in [5, 5.41) is 9.04. The van der Waals surface area contributed by atoms with E-state index >= 15 is 0 Å².